The zero-order valence-corrected chi connectivity index (χ0v) is 102. The number of imidazole rings is 1. The Bertz CT molecular complexity index is 3830. The first-order valence-corrected chi connectivity index (χ1v) is 61.7. The number of aliphatic hydroxyl groups excluding tert-OH is 2. The number of rotatable bonds is 22. The fraction of sp³-hybridized carbons (Fsp3) is 0.795. The molecule has 8 atom stereocenters. The van der Waals surface area contributed by atoms with Crippen LogP contribution in [0.3, 0.4) is 0 Å². The van der Waals surface area contributed by atoms with E-state index in [1.165, 1.54) is 208 Å². The standard InChI is InChI=1S/C16H26ClN2O.C16H25ClN2.C15H20N2.C10H20.2C9H18O.C9H18.C9H12.3C8H16O.C8H16.C7H14O/c1-13(2)12-16(14-6-4-5-7-15(14)17)18-8-10-19(3,20)11-9-18;1-13(2)12-16(14-6-4-5-7-15(14)17)19-10-8-18(3)9-11-19;1-11(2)14(15-16-8-9-17(15)4)13-7-5-6-12(3)10-13;1-9(2)10-7-5-3-4-6-8-10;1-7(2)8-3-5-9(10)6-4-8;1-7(2)8-4-3-5-9(10)6-8;2*1-8(2)9-6-4-3-5-7-9;1-7(2)8-3-5-9-6-4-8;1-7(2)8-4-3-5-9-6-8;1-7(2)6-8-4-3-5-9-8;1-7(2)8-5-3-4-6-8;1-6(2)7-3-4-8-5-7/h4-7,13,16,20H,8-12H2,1-3H3;4-7,13,16H,8-12H2,1-3H3;5-11,14H,1-4H3;9-10H,3-8H2,1-2H3;2*7-10H,3-6H2,1-2H3;8-9H,3-7H2,1-2H3;3-8H,1-2H3;3*7-8H,3-6H2,1-2H3;7-8H,3-6H2,1-2H3;6-7H,3-5H2,1-2H3/q+1;;;;;;;;;;;;. The van der Waals surface area contributed by atoms with Crippen molar-refractivity contribution in [3.63, 3.8) is 0 Å². The highest BCUT2D eigenvalue weighted by Crippen LogP contribution is 2.40. The van der Waals surface area contributed by atoms with E-state index >= 15 is 0 Å². The number of ether oxygens (including phenoxy) is 4. The molecule has 147 heavy (non-hydrogen) atoms. The van der Waals surface area contributed by atoms with E-state index in [-0.39, 0.29) is 16.9 Å². The van der Waals surface area contributed by atoms with Gasteiger partial charge in [-0.25, -0.2) is 10.2 Å². The van der Waals surface area contributed by atoms with Crippen LogP contribution in [0.25, 0.3) is 0 Å². The van der Waals surface area contributed by atoms with Gasteiger partial charge in [-0.2, -0.15) is 4.65 Å². The summed E-state index contributed by atoms with van der Waals surface area (Å²) in [6.45, 7) is 76.4. The Labute approximate surface area is 918 Å². The number of halogens is 2. The molecule has 0 spiro atoms. The van der Waals surface area contributed by atoms with Crippen LogP contribution in [0.15, 0.2) is 116 Å². The molecule has 5 saturated carbocycles. The lowest BCUT2D eigenvalue weighted by molar-refractivity contribution is -1.09. The number of aromatic nitrogens is 2. The summed E-state index contributed by atoms with van der Waals surface area (Å²) in [6.07, 6.45) is 48.6. The molecule has 0 bridgehead atoms. The van der Waals surface area contributed by atoms with Crippen molar-refractivity contribution in [2.45, 2.75) is 441 Å². The Hall–Kier alpha value is -3.77. The lowest BCUT2D eigenvalue weighted by atomic mass is 9.80. The summed E-state index contributed by atoms with van der Waals surface area (Å²) >= 11 is 12.8. The van der Waals surface area contributed by atoms with Crippen LogP contribution < -0.4 is 0 Å². The predicted molar refractivity (Wildman–Crippen MR) is 636 cm³/mol. The van der Waals surface area contributed by atoms with Crippen LogP contribution in [-0.4, -0.2) is 175 Å². The number of likely N-dealkylation sites (N-methyl/N-ethyl adjacent to an activating group) is 2. The number of aliphatic hydroxyl groups is 2. The number of quaternary nitrogens is 1. The minimum atomic E-state index is 0.00106. The predicted octanol–water partition coefficient (Wildman–Crippen LogP) is 35.7. The van der Waals surface area contributed by atoms with Gasteiger partial charge in [-0.05, 0) is 275 Å². The molecule has 5 aliphatic carbocycles. The number of hydrogen-bond donors (Lipinski definition) is 3. The molecule has 8 unspecified atom stereocenters. The van der Waals surface area contributed by atoms with Crippen LogP contribution in [0.1, 0.15) is 449 Å². The second-order valence-corrected chi connectivity index (χ2v) is 52.0. The van der Waals surface area contributed by atoms with Gasteiger partial charge in [0.15, 0.2) is 0 Å². The number of hydrogen-bond acceptors (Lipinski definition) is 11. The summed E-state index contributed by atoms with van der Waals surface area (Å²) < 4.78 is 23.5. The molecule has 7 heterocycles. The Kier molecular flexibility index (Phi) is 71.5. The van der Waals surface area contributed by atoms with Crippen molar-refractivity contribution < 1.29 is 39.0 Å². The zero-order chi connectivity index (χ0) is 109. The topological polar surface area (TPSA) is 125 Å². The molecule has 848 valence electrons. The second-order valence-electron chi connectivity index (χ2n) is 51.2. The van der Waals surface area contributed by atoms with Gasteiger partial charge in [0, 0.05) is 120 Å². The van der Waals surface area contributed by atoms with Crippen molar-refractivity contribution >= 4 is 23.2 Å². The first-order valence-electron chi connectivity index (χ1n) is 60.9. The number of piperazine rings is 2. The highest BCUT2D eigenvalue weighted by Gasteiger charge is 2.35. The lowest BCUT2D eigenvalue weighted by Gasteiger charge is -2.40. The Morgan fingerprint density at radius 2 is 0.769 bits per heavy atom. The molecule has 11 aliphatic rings. The maximum absolute atomic E-state index is 10.1. The summed E-state index contributed by atoms with van der Waals surface area (Å²) in [4.78, 5) is 12.0. The highest BCUT2D eigenvalue weighted by molar-refractivity contribution is 6.31. The minimum absolute atomic E-state index is 0.00106. The van der Waals surface area contributed by atoms with Crippen molar-refractivity contribution in [2.75, 3.05) is 113 Å². The quantitative estimate of drug-likeness (QED) is 0.0453. The smallest absolute Gasteiger partial charge is 0.121 e. The van der Waals surface area contributed by atoms with Crippen molar-refractivity contribution in [1.29, 1.82) is 0 Å². The molecule has 5 aromatic rings. The van der Waals surface area contributed by atoms with Crippen LogP contribution >= 0.6 is 23.2 Å². The van der Waals surface area contributed by atoms with Gasteiger partial charge in [0.25, 0.3) is 0 Å². The van der Waals surface area contributed by atoms with Crippen molar-refractivity contribution in [3.05, 3.63) is 159 Å². The lowest BCUT2D eigenvalue weighted by Crippen LogP contribution is -2.55. The molecule has 13 nitrogen and oxygen atoms in total. The summed E-state index contributed by atoms with van der Waals surface area (Å²) in [5.74, 6) is 19.1. The number of benzene rings is 4. The Morgan fingerprint density at radius 3 is 1.13 bits per heavy atom. The van der Waals surface area contributed by atoms with Crippen molar-refractivity contribution in [2.24, 2.45) is 125 Å². The van der Waals surface area contributed by atoms with E-state index in [1.807, 2.05) is 49.8 Å². The third kappa shape index (κ3) is 58.7. The van der Waals surface area contributed by atoms with Crippen LogP contribution in [0, 0.1) is 125 Å². The van der Waals surface area contributed by atoms with Gasteiger partial charge in [-0.3, -0.25) is 9.80 Å². The maximum Gasteiger partial charge on any atom is 0.121 e. The zero-order valence-electron chi connectivity index (χ0n) is 101. The van der Waals surface area contributed by atoms with Gasteiger partial charge < -0.3 is 38.6 Å². The largest absolute Gasteiger partial charge is 0.393 e. The number of nitrogens with zero attached hydrogens (tertiary/aromatic N) is 6. The summed E-state index contributed by atoms with van der Waals surface area (Å²) in [5.41, 5.74) is 6.59. The summed E-state index contributed by atoms with van der Waals surface area (Å²) in [6, 6.07) is 36.5. The molecule has 0 amide bonds. The van der Waals surface area contributed by atoms with E-state index in [1.54, 1.807) is 0 Å². The third-order valence-corrected chi connectivity index (χ3v) is 34.5. The second kappa shape index (κ2) is 77.6. The molecule has 1 aromatic heterocycles. The number of aryl methyl sites for hydroxylation is 2. The minimum Gasteiger partial charge on any atom is -0.393 e. The normalized spacial score (nSPS) is 23.0. The molecule has 6 saturated heterocycles. The average molecular weight is 2090 g/mol. The van der Waals surface area contributed by atoms with E-state index in [0.29, 0.717) is 47.8 Å². The van der Waals surface area contributed by atoms with Gasteiger partial charge in [-0.15, -0.1) is 0 Å². The van der Waals surface area contributed by atoms with Crippen LogP contribution in [0.2, 0.25) is 10.0 Å². The van der Waals surface area contributed by atoms with Crippen LogP contribution in [-0.2, 0) is 26.0 Å². The highest BCUT2D eigenvalue weighted by atomic mass is 35.5. The molecular formula is C132H235Cl2N6O7+. The molecule has 11 fully saturated rings. The van der Waals surface area contributed by atoms with Gasteiger partial charge in [0.1, 0.15) is 18.9 Å². The fourth-order valence-corrected chi connectivity index (χ4v) is 23.5. The Morgan fingerprint density at radius 1 is 0.374 bits per heavy atom. The van der Waals surface area contributed by atoms with Crippen LogP contribution in [0.5, 0.6) is 0 Å². The molecule has 6 aliphatic heterocycles. The fourth-order valence-electron chi connectivity index (χ4n) is 23.0. The van der Waals surface area contributed by atoms with E-state index in [2.05, 4.69) is 298 Å². The van der Waals surface area contributed by atoms with E-state index in [0.717, 1.165) is 247 Å². The van der Waals surface area contributed by atoms with E-state index in [9.17, 15) is 15.4 Å². The Balaban J connectivity index is 0.000000336. The molecule has 0 radical (unpaired) electrons. The molecule has 3 N–H and O–H groups in total. The van der Waals surface area contributed by atoms with Crippen molar-refractivity contribution in [1.82, 2.24) is 24.3 Å². The molecular weight excluding hydrogens is 1850 g/mol. The van der Waals surface area contributed by atoms with Gasteiger partial charge in [0.2, 0.25) is 0 Å². The number of hydroxylamine groups is 3. The van der Waals surface area contributed by atoms with Crippen molar-refractivity contribution in [3.8, 4) is 0 Å². The van der Waals surface area contributed by atoms with Crippen LogP contribution in [0.4, 0.5) is 0 Å². The molecule has 16 rings (SSSR count). The van der Waals surface area contributed by atoms with Gasteiger partial charge >= 0.3 is 0 Å². The SMILES string of the molecule is CC(C)C1CCC(O)CC1.CC(C)C1CCCC(O)C1.CC(C)C1CCCC1.CC(C)C1CCCCC1.CC(C)C1CCCCCC1.CC(C)C1CCCOC1.CC(C)C1CCOC1.CC(C)C1CCOCC1.CC(C)CC(c1ccccc1Cl)N1CCN(C)CC1.CC(C)CC(c1ccccc1Cl)N1CC[N+](C)(O)CC1.CC(C)CC1CCCO1.CC(C)c1ccccc1.Cc1cccc(C(c2nccn2C)C(C)C)c1. The molecule has 15 heteroatoms. The first-order chi connectivity index (χ1) is 69.9. The summed E-state index contributed by atoms with van der Waals surface area (Å²) in [5, 5.41) is 30.4. The van der Waals surface area contributed by atoms with E-state index in [4.69, 9.17) is 42.1 Å². The van der Waals surface area contributed by atoms with E-state index < -0.39 is 0 Å². The van der Waals surface area contributed by atoms with Gasteiger partial charge in [-0.1, -0.05) is 409 Å². The molecule has 4 aromatic carbocycles. The summed E-state index contributed by atoms with van der Waals surface area (Å²) in [7, 11) is 6.14. The maximum atomic E-state index is 10.1. The third-order valence-electron chi connectivity index (χ3n) is 33.9. The first kappa shape index (κ1) is 136. The van der Waals surface area contributed by atoms with Gasteiger partial charge in [0.05, 0.1) is 38.4 Å². The monoisotopic (exact) mass is 2090 g/mol. The average Bonchev–Trinajstić information content (AvgIpc) is 1.51.